The van der Waals surface area contributed by atoms with Crippen LogP contribution in [0.1, 0.15) is 19.8 Å². The number of esters is 1. The molecule has 1 aromatic heterocycles. The summed E-state index contributed by atoms with van der Waals surface area (Å²) in [4.78, 5) is 43.6. The van der Waals surface area contributed by atoms with Crippen molar-refractivity contribution in [2.24, 2.45) is 23.2 Å². The maximum atomic E-state index is 13.4. The maximum absolute atomic E-state index is 13.4. The zero-order valence-corrected chi connectivity index (χ0v) is 14.9. The van der Waals surface area contributed by atoms with E-state index in [0.717, 1.165) is 5.57 Å². The predicted octanol–water partition coefficient (Wildman–Crippen LogP) is 2.46. The summed E-state index contributed by atoms with van der Waals surface area (Å²) in [5.41, 5.74) is -0.281. The lowest BCUT2D eigenvalue weighted by molar-refractivity contribution is -0.180. The molecule has 1 unspecified atom stereocenters. The number of hydrogen-bond donors (Lipinski definition) is 0. The molecule has 5 rings (SSSR count). The van der Waals surface area contributed by atoms with Gasteiger partial charge in [-0.05, 0) is 31.9 Å². The SMILES string of the molecule is COC(=O)[C@@]12C(=O)C(Sc3ccccn3)[C@H]3C[C@@H]1C=C(C)C[C@@H]2C3=O. The van der Waals surface area contributed by atoms with Gasteiger partial charge >= 0.3 is 5.97 Å². The molecule has 5 nitrogen and oxygen atoms in total. The van der Waals surface area contributed by atoms with E-state index in [2.05, 4.69) is 4.98 Å². The first-order valence-corrected chi connectivity index (χ1v) is 9.29. The molecule has 3 saturated carbocycles. The minimum atomic E-state index is -1.35. The molecule has 0 spiro atoms. The highest BCUT2D eigenvalue weighted by Gasteiger charge is 2.71. The topological polar surface area (TPSA) is 73.3 Å². The summed E-state index contributed by atoms with van der Waals surface area (Å²) in [7, 11) is 1.29. The molecule has 4 aliphatic carbocycles. The Balaban J connectivity index is 1.80. The molecular formula is C19H19NO4S. The van der Waals surface area contributed by atoms with E-state index in [-0.39, 0.29) is 23.4 Å². The van der Waals surface area contributed by atoms with E-state index >= 15 is 0 Å². The molecule has 3 fully saturated rings. The molecule has 0 N–H and O–H groups in total. The summed E-state index contributed by atoms with van der Waals surface area (Å²) in [5.74, 6) is -1.87. The molecule has 5 atom stereocenters. The number of carbonyl (C=O) groups is 3. The van der Waals surface area contributed by atoms with Crippen molar-refractivity contribution in [3.63, 3.8) is 0 Å². The summed E-state index contributed by atoms with van der Waals surface area (Å²) in [6.07, 6.45) is 4.66. The number of fused-ring (bicyclic) bond motifs is 1. The molecule has 6 heteroatoms. The molecule has 0 radical (unpaired) electrons. The second-order valence-corrected chi connectivity index (χ2v) is 8.21. The van der Waals surface area contributed by atoms with Gasteiger partial charge in [0.05, 0.1) is 17.4 Å². The Bertz CT molecular complexity index is 790. The van der Waals surface area contributed by atoms with E-state index < -0.39 is 22.6 Å². The molecule has 4 bridgehead atoms. The van der Waals surface area contributed by atoms with Gasteiger partial charge in [-0.15, -0.1) is 0 Å². The van der Waals surface area contributed by atoms with Gasteiger partial charge < -0.3 is 4.74 Å². The molecule has 130 valence electrons. The Morgan fingerprint density at radius 2 is 2.16 bits per heavy atom. The van der Waals surface area contributed by atoms with E-state index in [9.17, 15) is 14.4 Å². The fraction of sp³-hybridized carbons (Fsp3) is 0.474. The zero-order valence-electron chi connectivity index (χ0n) is 14.1. The molecule has 1 aromatic rings. The summed E-state index contributed by atoms with van der Waals surface area (Å²) >= 11 is 1.30. The summed E-state index contributed by atoms with van der Waals surface area (Å²) in [6, 6.07) is 5.47. The molecule has 25 heavy (non-hydrogen) atoms. The van der Waals surface area contributed by atoms with Gasteiger partial charge in [0.25, 0.3) is 0 Å². The fourth-order valence-corrected chi connectivity index (χ4v) is 6.05. The number of thioether (sulfide) groups is 1. The van der Waals surface area contributed by atoms with Crippen molar-refractivity contribution in [1.29, 1.82) is 0 Å². The van der Waals surface area contributed by atoms with Crippen molar-refractivity contribution >= 4 is 29.3 Å². The van der Waals surface area contributed by atoms with Crippen LogP contribution in [0.2, 0.25) is 0 Å². The van der Waals surface area contributed by atoms with Crippen LogP contribution in [0.15, 0.2) is 41.1 Å². The molecule has 1 heterocycles. The van der Waals surface area contributed by atoms with Crippen molar-refractivity contribution in [3.05, 3.63) is 36.0 Å². The average molecular weight is 357 g/mol. The number of allylic oxidation sites excluding steroid dienone is 2. The highest BCUT2D eigenvalue weighted by molar-refractivity contribution is 8.00. The average Bonchev–Trinajstić information content (AvgIpc) is 2.61. The van der Waals surface area contributed by atoms with Crippen LogP contribution in [0.5, 0.6) is 0 Å². The quantitative estimate of drug-likeness (QED) is 0.470. The molecule has 0 aromatic carbocycles. The van der Waals surface area contributed by atoms with Crippen molar-refractivity contribution in [1.82, 2.24) is 4.98 Å². The summed E-state index contributed by atoms with van der Waals surface area (Å²) in [6.45, 7) is 1.96. The van der Waals surface area contributed by atoms with Crippen molar-refractivity contribution in [2.45, 2.75) is 30.0 Å². The highest BCUT2D eigenvalue weighted by Crippen LogP contribution is 2.61. The van der Waals surface area contributed by atoms with Gasteiger partial charge in [0.15, 0.2) is 5.78 Å². The fourth-order valence-electron chi connectivity index (χ4n) is 4.80. The first-order valence-electron chi connectivity index (χ1n) is 8.41. The Kier molecular flexibility index (Phi) is 3.83. The van der Waals surface area contributed by atoms with Crippen LogP contribution in [0.4, 0.5) is 0 Å². The van der Waals surface area contributed by atoms with Crippen LogP contribution >= 0.6 is 11.8 Å². The number of hydrogen-bond acceptors (Lipinski definition) is 6. The number of ketones is 2. The van der Waals surface area contributed by atoms with Crippen LogP contribution < -0.4 is 0 Å². The number of ether oxygens (including phenoxy) is 1. The predicted molar refractivity (Wildman–Crippen MR) is 91.8 cm³/mol. The van der Waals surface area contributed by atoms with E-state index in [0.29, 0.717) is 17.9 Å². The second-order valence-electron chi connectivity index (χ2n) is 7.05. The monoisotopic (exact) mass is 357 g/mol. The molecule has 4 aliphatic rings. The lowest BCUT2D eigenvalue weighted by Crippen LogP contribution is -2.68. The minimum absolute atomic E-state index is 0.0298. The summed E-state index contributed by atoms with van der Waals surface area (Å²) < 4.78 is 5.03. The lowest BCUT2D eigenvalue weighted by atomic mass is 9.45. The number of nitrogens with zero attached hydrogens (tertiary/aromatic N) is 1. The Labute approximate surface area is 150 Å². The van der Waals surface area contributed by atoms with E-state index in [1.54, 1.807) is 12.3 Å². The lowest BCUT2D eigenvalue weighted by Gasteiger charge is -2.56. The van der Waals surface area contributed by atoms with Gasteiger partial charge in [0.2, 0.25) is 0 Å². The Morgan fingerprint density at radius 1 is 1.36 bits per heavy atom. The van der Waals surface area contributed by atoms with Gasteiger partial charge in [0, 0.05) is 24.0 Å². The number of methoxy groups -OCH3 is 1. The molecule has 0 amide bonds. The first kappa shape index (κ1) is 16.5. The Hall–Kier alpha value is -1.95. The van der Waals surface area contributed by atoms with Crippen LogP contribution in [-0.2, 0) is 19.1 Å². The van der Waals surface area contributed by atoms with Crippen molar-refractivity contribution < 1.29 is 19.1 Å². The third kappa shape index (κ3) is 2.16. The van der Waals surface area contributed by atoms with E-state index in [1.165, 1.54) is 18.9 Å². The van der Waals surface area contributed by atoms with Crippen LogP contribution in [-0.4, -0.2) is 34.9 Å². The largest absolute Gasteiger partial charge is 0.468 e. The van der Waals surface area contributed by atoms with Crippen LogP contribution in [0.25, 0.3) is 0 Å². The Morgan fingerprint density at radius 3 is 2.84 bits per heavy atom. The molecule has 0 saturated heterocycles. The van der Waals surface area contributed by atoms with E-state index in [4.69, 9.17) is 4.74 Å². The number of pyridine rings is 1. The third-order valence-corrected chi connectivity index (χ3v) is 7.08. The maximum Gasteiger partial charge on any atom is 0.320 e. The van der Waals surface area contributed by atoms with Gasteiger partial charge in [-0.25, -0.2) is 4.98 Å². The van der Waals surface area contributed by atoms with Crippen molar-refractivity contribution in [3.8, 4) is 0 Å². The highest BCUT2D eigenvalue weighted by atomic mass is 32.2. The normalized spacial score (nSPS) is 36.2. The van der Waals surface area contributed by atoms with Gasteiger partial charge in [-0.1, -0.05) is 29.5 Å². The molecular weight excluding hydrogens is 338 g/mol. The van der Waals surface area contributed by atoms with Gasteiger partial charge in [-0.3, -0.25) is 14.4 Å². The number of aromatic nitrogens is 1. The number of carbonyl (C=O) groups excluding carboxylic acids is 3. The zero-order chi connectivity index (χ0) is 17.8. The standard InChI is InChI=1S/C19H19NO4S/c1-10-7-11-9-12-15(21)13(8-10)19(11,18(23)24-2)17(22)16(12)25-14-5-3-4-6-20-14/h3-7,11-13,16H,8-9H2,1-2H3/t11-,12-,13+,16?,19-/m0/s1. The van der Waals surface area contributed by atoms with Crippen molar-refractivity contribution in [2.75, 3.05) is 7.11 Å². The van der Waals surface area contributed by atoms with Crippen LogP contribution in [0.3, 0.4) is 0 Å². The molecule has 0 aliphatic heterocycles. The smallest absolute Gasteiger partial charge is 0.320 e. The minimum Gasteiger partial charge on any atom is -0.468 e. The summed E-state index contributed by atoms with van der Waals surface area (Å²) in [5, 5.41) is 0.124. The third-order valence-electron chi connectivity index (χ3n) is 5.80. The van der Waals surface area contributed by atoms with Gasteiger partial charge in [-0.2, -0.15) is 0 Å². The number of Topliss-reactive ketones (excluding diaryl/α,β-unsaturated/α-hetero) is 2. The van der Waals surface area contributed by atoms with E-state index in [1.807, 2.05) is 25.1 Å². The van der Waals surface area contributed by atoms with Gasteiger partial charge in [0.1, 0.15) is 11.2 Å². The van der Waals surface area contributed by atoms with Crippen LogP contribution in [0, 0.1) is 23.2 Å². The first-order chi connectivity index (χ1) is 12.0. The second kappa shape index (κ2) is 5.80. The number of rotatable bonds is 3.